The van der Waals surface area contributed by atoms with Crippen molar-refractivity contribution in [2.75, 3.05) is 0 Å². The molecule has 0 amide bonds. The van der Waals surface area contributed by atoms with Gasteiger partial charge in [-0.1, -0.05) is 5.10 Å². The molecule has 0 N–H and O–H groups in total. The van der Waals surface area contributed by atoms with Crippen LogP contribution in [0.4, 0.5) is 0 Å². The summed E-state index contributed by atoms with van der Waals surface area (Å²) in [4.78, 5) is 3.89. The summed E-state index contributed by atoms with van der Waals surface area (Å²) >= 11 is 0. The van der Waals surface area contributed by atoms with Crippen molar-refractivity contribution < 1.29 is 0 Å². The molecule has 0 aromatic carbocycles. The first-order valence-corrected chi connectivity index (χ1v) is 3.45. The van der Waals surface area contributed by atoms with Crippen molar-refractivity contribution in [1.82, 2.24) is 29.8 Å². The molecule has 2 aromatic heterocycles. The van der Waals surface area contributed by atoms with Gasteiger partial charge >= 0.3 is 0 Å². The lowest BCUT2D eigenvalue weighted by atomic mass is 10.7. The van der Waals surface area contributed by atoms with Gasteiger partial charge in [-0.15, -0.1) is 0 Å². The normalized spacial score (nSPS) is 10.4. The Hall–Kier alpha value is -1.72. The maximum Gasteiger partial charge on any atom is 0.254 e. The Kier molecular flexibility index (Phi) is 1.58. The number of aromatic nitrogens is 6. The van der Waals surface area contributed by atoms with E-state index in [2.05, 4.69) is 27.4 Å². The Morgan fingerprint density at radius 3 is 3.08 bits per heavy atom. The van der Waals surface area contributed by atoms with Gasteiger partial charge in [0.1, 0.15) is 6.33 Å². The maximum atomic E-state index is 3.89. The molecule has 0 fully saturated rings. The fraction of sp³-hybridized carbons (Fsp3) is 0.167. The molecule has 2 rings (SSSR count). The second kappa shape index (κ2) is 2.72. The van der Waals surface area contributed by atoms with Crippen LogP contribution in [0, 0.1) is 6.92 Å². The molecule has 0 aliphatic rings. The zero-order chi connectivity index (χ0) is 8.39. The van der Waals surface area contributed by atoms with E-state index >= 15 is 0 Å². The number of imidazole rings is 1. The van der Waals surface area contributed by atoms with Crippen LogP contribution in [-0.2, 0) is 6.54 Å². The van der Waals surface area contributed by atoms with Crippen molar-refractivity contribution in [1.29, 1.82) is 0 Å². The van der Waals surface area contributed by atoms with Gasteiger partial charge in [-0.25, -0.2) is 9.67 Å². The highest BCUT2D eigenvalue weighted by Gasteiger charge is 2.04. The van der Waals surface area contributed by atoms with Crippen LogP contribution in [0.3, 0.4) is 0 Å². The van der Waals surface area contributed by atoms with E-state index in [0.717, 1.165) is 0 Å². The van der Waals surface area contributed by atoms with E-state index in [-0.39, 0.29) is 0 Å². The van der Waals surface area contributed by atoms with Crippen molar-refractivity contribution in [3.8, 4) is 5.95 Å². The van der Waals surface area contributed by atoms with E-state index < -0.39 is 0 Å². The molecule has 0 spiro atoms. The van der Waals surface area contributed by atoms with Gasteiger partial charge in [-0.2, -0.15) is 0 Å². The van der Waals surface area contributed by atoms with Crippen LogP contribution in [0.25, 0.3) is 5.95 Å². The van der Waals surface area contributed by atoms with Gasteiger partial charge < -0.3 is 0 Å². The fourth-order valence-corrected chi connectivity index (χ4v) is 0.907. The quantitative estimate of drug-likeness (QED) is 0.609. The van der Waals surface area contributed by atoms with Gasteiger partial charge in [0, 0.05) is 18.9 Å². The standard InChI is InChI=1S/C6H7N6/c1-2-12-6(8-9-10-12)11-4-3-7-5-11/h3-5H,1-2H2. The van der Waals surface area contributed by atoms with E-state index in [9.17, 15) is 0 Å². The Balaban J connectivity index is 2.46. The lowest BCUT2D eigenvalue weighted by molar-refractivity contribution is 0.641. The summed E-state index contributed by atoms with van der Waals surface area (Å²) in [5.41, 5.74) is 0. The Labute approximate surface area is 68.8 Å². The lowest BCUT2D eigenvalue weighted by Crippen LogP contribution is -2.05. The van der Waals surface area contributed by atoms with E-state index in [1.807, 2.05) is 0 Å². The van der Waals surface area contributed by atoms with Gasteiger partial charge in [0.2, 0.25) is 0 Å². The molecule has 12 heavy (non-hydrogen) atoms. The SMILES string of the molecule is [CH2]Cn1nnnc1-n1ccnc1. The van der Waals surface area contributed by atoms with Crippen LogP contribution in [0.1, 0.15) is 0 Å². The molecule has 0 atom stereocenters. The van der Waals surface area contributed by atoms with E-state index in [4.69, 9.17) is 0 Å². The predicted molar refractivity (Wildman–Crippen MR) is 40.3 cm³/mol. The summed E-state index contributed by atoms with van der Waals surface area (Å²) in [6, 6.07) is 0. The summed E-state index contributed by atoms with van der Waals surface area (Å²) < 4.78 is 3.31. The van der Waals surface area contributed by atoms with Crippen LogP contribution >= 0.6 is 0 Å². The Morgan fingerprint density at radius 1 is 1.50 bits per heavy atom. The Bertz CT molecular complexity index is 348. The van der Waals surface area contributed by atoms with Crippen LogP contribution in [0.2, 0.25) is 0 Å². The smallest absolute Gasteiger partial charge is 0.254 e. The fourth-order valence-electron chi connectivity index (χ4n) is 0.907. The summed E-state index contributed by atoms with van der Waals surface area (Å²) in [6.07, 6.45) is 5.08. The molecule has 6 nitrogen and oxygen atoms in total. The molecule has 0 saturated heterocycles. The summed E-state index contributed by atoms with van der Waals surface area (Å²) in [6.45, 7) is 4.19. The zero-order valence-electron chi connectivity index (χ0n) is 6.33. The molecule has 0 aliphatic carbocycles. The highest BCUT2D eigenvalue weighted by molar-refractivity contribution is 5.07. The number of rotatable bonds is 2. The minimum Gasteiger partial charge on any atom is -0.273 e. The van der Waals surface area contributed by atoms with Gasteiger partial charge in [0.05, 0.1) is 0 Å². The van der Waals surface area contributed by atoms with E-state index in [0.29, 0.717) is 12.5 Å². The highest BCUT2D eigenvalue weighted by atomic mass is 15.6. The summed E-state index contributed by atoms with van der Waals surface area (Å²) in [5.74, 6) is 0.627. The number of nitrogens with zero attached hydrogens (tertiary/aromatic N) is 6. The third-order valence-corrected chi connectivity index (χ3v) is 1.46. The minimum atomic E-state index is 0.501. The van der Waals surface area contributed by atoms with Gasteiger partial charge in [0.15, 0.2) is 0 Å². The van der Waals surface area contributed by atoms with E-state index in [1.165, 1.54) is 0 Å². The molecule has 2 heterocycles. The predicted octanol–water partition coefficient (Wildman–Crippen LogP) is -0.307. The second-order valence-electron chi connectivity index (χ2n) is 2.17. The molecular formula is C6H7N6. The second-order valence-corrected chi connectivity index (χ2v) is 2.17. The summed E-state index contributed by atoms with van der Waals surface area (Å²) in [5, 5.41) is 11.1. The van der Waals surface area contributed by atoms with Crippen molar-refractivity contribution in [2.24, 2.45) is 0 Å². The molecule has 0 unspecified atom stereocenters. The van der Waals surface area contributed by atoms with Gasteiger partial charge in [-0.3, -0.25) is 4.57 Å². The maximum absolute atomic E-state index is 3.89. The van der Waals surface area contributed by atoms with Gasteiger partial charge in [0.25, 0.3) is 5.95 Å². The largest absolute Gasteiger partial charge is 0.273 e. The third kappa shape index (κ3) is 0.969. The van der Waals surface area contributed by atoms with Crippen LogP contribution in [0.5, 0.6) is 0 Å². The monoisotopic (exact) mass is 163 g/mol. The molecule has 0 aliphatic heterocycles. The molecule has 1 radical (unpaired) electrons. The topological polar surface area (TPSA) is 61.4 Å². The molecule has 2 aromatic rings. The minimum absolute atomic E-state index is 0.501. The average Bonchev–Trinajstić information content (AvgIpc) is 2.74. The van der Waals surface area contributed by atoms with Crippen molar-refractivity contribution in [3.05, 3.63) is 25.6 Å². The van der Waals surface area contributed by atoms with E-state index in [1.54, 1.807) is 28.0 Å². The molecule has 0 bridgehead atoms. The van der Waals surface area contributed by atoms with Gasteiger partial charge in [-0.05, 0) is 17.4 Å². The first-order valence-electron chi connectivity index (χ1n) is 3.45. The van der Waals surface area contributed by atoms with Crippen molar-refractivity contribution in [3.63, 3.8) is 0 Å². The lowest BCUT2D eigenvalue weighted by Gasteiger charge is -1.98. The molecule has 0 saturated carbocycles. The highest BCUT2D eigenvalue weighted by Crippen LogP contribution is 1.99. The average molecular weight is 163 g/mol. The number of hydrogen-bond acceptors (Lipinski definition) is 4. The molecule has 6 heteroatoms. The molecular weight excluding hydrogens is 156 g/mol. The third-order valence-electron chi connectivity index (χ3n) is 1.46. The van der Waals surface area contributed by atoms with Crippen LogP contribution in [-0.4, -0.2) is 29.8 Å². The van der Waals surface area contributed by atoms with Crippen LogP contribution in [0.15, 0.2) is 18.7 Å². The number of hydrogen-bond donors (Lipinski definition) is 0. The first-order chi connectivity index (χ1) is 5.92. The van der Waals surface area contributed by atoms with Crippen molar-refractivity contribution in [2.45, 2.75) is 6.54 Å². The zero-order valence-corrected chi connectivity index (χ0v) is 6.33. The number of tetrazole rings is 1. The molecule has 61 valence electrons. The van der Waals surface area contributed by atoms with Crippen LogP contribution < -0.4 is 0 Å². The summed E-state index contributed by atoms with van der Waals surface area (Å²) in [7, 11) is 0. The van der Waals surface area contributed by atoms with Crippen molar-refractivity contribution >= 4 is 0 Å². The first kappa shape index (κ1) is 6.96. The Morgan fingerprint density at radius 2 is 2.42 bits per heavy atom.